The fraction of sp³-hybridized carbons (Fsp3) is 0.455. The van der Waals surface area contributed by atoms with Crippen molar-refractivity contribution < 1.29 is 17.5 Å². The van der Waals surface area contributed by atoms with Gasteiger partial charge in [0.15, 0.2) is 0 Å². The number of halogens is 2. The van der Waals surface area contributed by atoms with Crippen LogP contribution in [0.3, 0.4) is 0 Å². The van der Waals surface area contributed by atoms with Crippen LogP contribution in [-0.4, -0.2) is 26.9 Å². The van der Waals surface area contributed by atoms with Crippen molar-refractivity contribution in [2.75, 3.05) is 17.9 Å². The highest BCUT2D eigenvalue weighted by atomic mass is 79.9. The summed E-state index contributed by atoms with van der Waals surface area (Å²) in [5, 5.41) is -0.519. The molecule has 1 aliphatic rings. The Morgan fingerprint density at radius 1 is 1.33 bits per heavy atom. The highest BCUT2D eigenvalue weighted by molar-refractivity contribution is 9.10. The van der Waals surface area contributed by atoms with E-state index in [1.54, 1.807) is 6.07 Å². The molecule has 0 aliphatic carbocycles. The Bertz CT molecular complexity index is 529. The molecule has 0 aromatic heterocycles. The first-order valence-electron chi connectivity index (χ1n) is 5.53. The van der Waals surface area contributed by atoms with Crippen LogP contribution in [0.15, 0.2) is 22.7 Å². The Hall–Kier alpha value is -0.660. The fourth-order valence-corrected chi connectivity index (χ4v) is 3.58. The summed E-state index contributed by atoms with van der Waals surface area (Å²) in [5.74, 6) is -0.597. The van der Waals surface area contributed by atoms with Gasteiger partial charge in [0.2, 0.25) is 10.0 Å². The zero-order valence-electron chi connectivity index (χ0n) is 9.53. The molecular formula is C11H13BrFNO3S. The number of hydrogen-bond donors (Lipinski definition) is 1. The summed E-state index contributed by atoms with van der Waals surface area (Å²) in [5.41, 5.74) is -0.0234. The lowest BCUT2D eigenvalue weighted by molar-refractivity contribution is 0.0984. The van der Waals surface area contributed by atoms with Crippen molar-refractivity contribution in [1.82, 2.24) is 0 Å². The van der Waals surface area contributed by atoms with E-state index in [-0.39, 0.29) is 5.69 Å². The molecule has 1 saturated heterocycles. The number of anilines is 1. The second-order valence-corrected chi connectivity index (χ2v) is 6.96. The van der Waals surface area contributed by atoms with Gasteiger partial charge in [-0.2, -0.15) is 0 Å². The van der Waals surface area contributed by atoms with E-state index >= 15 is 0 Å². The number of ether oxygens (including phenoxy) is 1. The van der Waals surface area contributed by atoms with Gasteiger partial charge in [0, 0.05) is 17.7 Å². The summed E-state index contributed by atoms with van der Waals surface area (Å²) >= 11 is 3.12. The van der Waals surface area contributed by atoms with Gasteiger partial charge in [-0.05, 0) is 31.0 Å². The first-order valence-corrected chi connectivity index (χ1v) is 7.87. The van der Waals surface area contributed by atoms with E-state index in [1.807, 2.05) is 0 Å². The van der Waals surface area contributed by atoms with Crippen LogP contribution in [0.4, 0.5) is 10.1 Å². The third kappa shape index (κ3) is 3.21. The van der Waals surface area contributed by atoms with E-state index in [9.17, 15) is 12.8 Å². The molecule has 7 heteroatoms. The molecule has 0 spiro atoms. The van der Waals surface area contributed by atoms with Crippen molar-refractivity contribution >= 4 is 31.6 Å². The molecule has 1 fully saturated rings. The molecule has 0 amide bonds. The third-order valence-electron chi connectivity index (χ3n) is 2.79. The Balaban J connectivity index is 2.16. The monoisotopic (exact) mass is 337 g/mol. The molecule has 1 N–H and O–H groups in total. The lowest BCUT2D eigenvalue weighted by Crippen LogP contribution is -2.33. The quantitative estimate of drug-likeness (QED) is 0.921. The predicted octanol–water partition coefficient (Wildman–Crippen LogP) is 2.51. The molecule has 1 aliphatic heterocycles. The molecule has 18 heavy (non-hydrogen) atoms. The van der Waals surface area contributed by atoms with Crippen molar-refractivity contribution in [3.8, 4) is 0 Å². The van der Waals surface area contributed by atoms with Gasteiger partial charge in [0.1, 0.15) is 5.82 Å². The van der Waals surface area contributed by atoms with E-state index in [0.717, 1.165) is 0 Å². The normalized spacial score (nSPS) is 17.7. The average molecular weight is 338 g/mol. The van der Waals surface area contributed by atoms with Crippen LogP contribution in [-0.2, 0) is 14.8 Å². The van der Waals surface area contributed by atoms with Crippen molar-refractivity contribution in [2.24, 2.45) is 0 Å². The summed E-state index contributed by atoms with van der Waals surface area (Å²) < 4.78 is 45.6. The predicted molar refractivity (Wildman–Crippen MR) is 70.5 cm³/mol. The first kappa shape index (κ1) is 13.8. The topological polar surface area (TPSA) is 55.4 Å². The van der Waals surface area contributed by atoms with Gasteiger partial charge < -0.3 is 4.74 Å². The highest BCUT2D eigenvalue weighted by Gasteiger charge is 2.28. The minimum atomic E-state index is -3.56. The summed E-state index contributed by atoms with van der Waals surface area (Å²) in [7, 11) is -3.56. The fourth-order valence-electron chi connectivity index (χ4n) is 1.80. The zero-order chi connectivity index (χ0) is 13.2. The SMILES string of the molecule is O=S(=O)(Nc1ccc(Br)cc1F)C1CCOCC1. The van der Waals surface area contributed by atoms with Crippen molar-refractivity contribution in [2.45, 2.75) is 18.1 Å². The zero-order valence-corrected chi connectivity index (χ0v) is 11.9. The Labute approximate surface area is 114 Å². The Kier molecular flexibility index (Phi) is 4.24. The van der Waals surface area contributed by atoms with Gasteiger partial charge in [-0.25, -0.2) is 12.8 Å². The Morgan fingerprint density at radius 2 is 2.00 bits per heavy atom. The molecule has 0 bridgehead atoms. The van der Waals surface area contributed by atoms with Crippen LogP contribution < -0.4 is 4.72 Å². The van der Waals surface area contributed by atoms with E-state index in [4.69, 9.17) is 4.74 Å². The Morgan fingerprint density at radius 3 is 2.61 bits per heavy atom. The molecule has 0 saturated carbocycles. The molecule has 0 radical (unpaired) electrons. The average Bonchev–Trinajstić information content (AvgIpc) is 2.34. The number of rotatable bonds is 3. The minimum Gasteiger partial charge on any atom is -0.381 e. The molecule has 1 aromatic rings. The number of hydrogen-bond acceptors (Lipinski definition) is 3. The number of nitrogens with one attached hydrogen (secondary N) is 1. The first-order chi connectivity index (χ1) is 8.49. The molecule has 4 nitrogen and oxygen atoms in total. The summed E-state index contributed by atoms with van der Waals surface area (Å²) in [6.07, 6.45) is 0.876. The van der Waals surface area contributed by atoms with Crippen LogP contribution in [0.25, 0.3) is 0 Å². The molecule has 0 atom stereocenters. The van der Waals surface area contributed by atoms with E-state index in [0.29, 0.717) is 30.5 Å². The third-order valence-corrected chi connectivity index (χ3v) is 5.14. The maximum atomic E-state index is 13.6. The summed E-state index contributed by atoms with van der Waals surface area (Å²) in [6, 6.07) is 4.21. The minimum absolute atomic E-state index is 0.0234. The van der Waals surface area contributed by atoms with E-state index in [2.05, 4.69) is 20.7 Å². The molecule has 2 rings (SSSR count). The summed E-state index contributed by atoms with van der Waals surface area (Å²) in [6.45, 7) is 0.850. The maximum Gasteiger partial charge on any atom is 0.235 e. The van der Waals surface area contributed by atoms with Gasteiger partial charge in [0.25, 0.3) is 0 Å². The lowest BCUT2D eigenvalue weighted by atomic mass is 10.2. The van der Waals surface area contributed by atoms with Gasteiger partial charge in [-0.1, -0.05) is 15.9 Å². The van der Waals surface area contributed by atoms with Crippen LogP contribution in [0.1, 0.15) is 12.8 Å². The van der Waals surface area contributed by atoms with Crippen molar-refractivity contribution in [3.05, 3.63) is 28.5 Å². The number of benzene rings is 1. The van der Waals surface area contributed by atoms with Crippen LogP contribution in [0.5, 0.6) is 0 Å². The van der Waals surface area contributed by atoms with E-state index < -0.39 is 21.1 Å². The smallest absolute Gasteiger partial charge is 0.235 e. The second-order valence-electron chi connectivity index (χ2n) is 4.08. The molecular weight excluding hydrogens is 325 g/mol. The maximum absolute atomic E-state index is 13.6. The molecule has 1 aromatic carbocycles. The summed E-state index contributed by atoms with van der Waals surface area (Å²) in [4.78, 5) is 0. The highest BCUT2D eigenvalue weighted by Crippen LogP contribution is 2.23. The van der Waals surface area contributed by atoms with Crippen LogP contribution >= 0.6 is 15.9 Å². The molecule has 1 heterocycles. The van der Waals surface area contributed by atoms with Gasteiger partial charge in [0.05, 0.1) is 10.9 Å². The van der Waals surface area contributed by atoms with Gasteiger partial charge in [-0.3, -0.25) is 4.72 Å². The molecule has 100 valence electrons. The largest absolute Gasteiger partial charge is 0.381 e. The molecule has 0 unspecified atom stereocenters. The van der Waals surface area contributed by atoms with Gasteiger partial charge >= 0.3 is 0 Å². The van der Waals surface area contributed by atoms with Crippen LogP contribution in [0.2, 0.25) is 0 Å². The van der Waals surface area contributed by atoms with E-state index in [1.165, 1.54) is 12.1 Å². The van der Waals surface area contributed by atoms with Crippen molar-refractivity contribution in [3.63, 3.8) is 0 Å². The number of sulfonamides is 1. The van der Waals surface area contributed by atoms with Gasteiger partial charge in [-0.15, -0.1) is 0 Å². The second kappa shape index (κ2) is 5.54. The van der Waals surface area contributed by atoms with Crippen LogP contribution in [0, 0.1) is 5.82 Å². The lowest BCUT2D eigenvalue weighted by Gasteiger charge is -2.22. The van der Waals surface area contributed by atoms with Crippen molar-refractivity contribution in [1.29, 1.82) is 0 Å². The standard InChI is InChI=1S/C11H13BrFNO3S/c12-8-1-2-11(10(13)7-8)14-18(15,16)9-3-5-17-6-4-9/h1-2,7,9,14H,3-6H2.